The van der Waals surface area contributed by atoms with E-state index in [1.54, 1.807) is 19.3 Å². The predicted octanol–water partition coefficient (Wildman–Crippen LogP) is 3.19. The van der Waals surface area contributed by atoms with Gasteiger partial charge in [-0.3, -0.25) is 4.98 Å². The SMILES string of the molecule is CN(N)/C(CNC(=O)OCCc1ccccc1)=C(\N)c1ccc(OC2CCCCC2)cn1. The highest BCUT2D eigenvalue weighted by Crippen LogP contribution is 2.23. The van der Waals surface area contributed by atoms with Crippen LogP contribution in [0.2, 0.25) is 0 Å². The van der Waals surface area contributed by atoms with Gasteiger partial charge in [0.25, 0.3) is 0 Å². The molecule has 1 aromatic carbocycles. The van der Waals surface area contributed by atoms with Crippen LogP contribution in [-0.2, 0) is 11.2 Å². The molecule has 1 saturated carbocycles. The lowest BCUT2D eigenvalue weighted by Crippen LogP contribution is -2.36. The van der Waals surface area contributed by atoms with Crippen LogP contribution in [0.1, 0.15) is 43.4 Å². The van der Waals surface area contributed by atoms with E-state index in [1.807, 2.05) is 36.4 Å². The number of aromatic nitrogens is 1. The van der Waals surface area contributed by atoms with Gasteiger partial charge in [0.2, 0.25) is 0 Å². The van der Waals surface area contributed by atoms with E-state index in [1.165, 1.54) is 24.3 Å². The maximum atomic E-state index is 12.1. The number of pyridine rings is 1. The summed E-state index contributed by atoms with van der Waals surface area (Å²) in [6.45, 7) is 0.401. The van der Waals surface area contributed by atoms with Gasteiger partial charge < -0.3 is 25.5 Å². The Labute approximate surface area is 189 Å². The van der Waals surface area contributed by atoms with Gasteiger partial charge in [0.05, 0.1) is 42.5 Å². The summed E-state index contributed by atoms with van der Waals surface area (Å²) in [6, 6.07) is 13.5. The minimum Gasteiger partial charge on any atom is -0.489 e. The minimum atomic E-state index is -0.530. The molecule has 0 radical (unpaired) electrons. The Morgan fingerprint density at radius 2 is 1.91 bits per heavy atom. The van der Waals surface area contributed by atoms with E-state index in [4.69, 9.17) is 21.1 Å². The van der Waals surface area contributed by atoms with Crippen molar-refractivity contribution in [3.8, 4) is 5.75 Å². The van der Waals surface area contributed by atoms with E-state index in [0.717, 1.165) is 24.2 Å². The molecule has 5 N–H and O–H groups in total. The number of carbonyl (C=O) groups is 1. The Hall–Kier alpha value is -3.26. The summed E-state index contributed by atoms with van der Waals surface area (Å²) in [7, 11) is 1.66. The van der Waals surface area contributed by atoms with Crippen molar-refractivity contribution in [1.29, 1.82) is 0 Å². The van der Waals surface area contributed by atoms with E-state index in [0.29, 0.717) is 23.5 Å². The summed E-state index contributed by atoms with van der Waals surface area (Å²) >= 11 is 0. The number of rotatable bonds is 9. The van der Waals surface area contributed by atoms with Gasteiger partial charge in [-0.1, -0.05) is 36.8 Å². The molecule has 0 spiro atoms. The molecule has 8 nitrogen and oxygen atoms in total. The number of nitrogens with two attached hydrogens (primary N) is 2. The molecule has 3 rings (SSSR count). The first-order valence-corrected chi connectivity index (χ1v) is 11.1. The van der Waals surface area contributed by atoms with Gasteiger partial charge in [-0.05, 0) is 43.4 Å². The number of ether oxygens (including phenoxy) is 2. The van der Waals surface area contributed by atoms with Gasteiger partial charge in [-0.15, -0.1) is 0 Å². The number of carbonyl (C=O) groups excluding carboxylic acids is 1. The molecule has 8 heteroatoms. The summed E-state index contributed by atoms with van der Waals surface area (Å²) in [5.74, 6) is 6.67. The lowest BCUT2D eigenvalue weighted by molar-refractivity contribution is 0.147. The molecule has 0 saturated heterocycles. The van der Waals surface area contributed by atoms with Crippen molar-refractivity contribution in [2.24, 2.45) is 11.6 Å². The van der Waals surface area contributed by atoms with Crippen LogP contribution in [0.5, 0.6) is 5.75 Å². The van der Waals surface area contributed by atoms with E-state index in [2.05, 4.69) is 10.3 Å². The van der Waals surface area contributed by atoms with Crippen LogP contribution in [0, 0.1) is 0 Å². The molecule has 172 valence electrons. The van der Waals surface area contributed by atoms with Crippen LogP contribution in [0.3, 0.4) is 0 Å². The highest BCUT2D eigenvalue weighted by molar-refractivity contribution is 5.69. The molecule has 1 aromatic heterocycles. The van der Waals surface area contributed by atoms with Crippen molar-refractivity contribution >= 4 is 11.8 Å². The quantitative estimate of drug-likeness (QED) is 0.406. The molecule has 0 unspecified atom stereocenters. The molecular weight excluding hydrogens is 406 g/mol. The van der Waals surface area contributed by atoms with Crippen LogP contribution in [0.25, 0.3) is 5.70 Å². The van der Waals surface area contributed by atoms with Gasteiger partial charge in [0.1, 0.15) is 5.75 Å². The average molecular weight is 440 g/mol. The van der Waals surface area contributed by atoms with Crippen molar-refractivity contribution in [3.63, 3.8) is 0 Å². The lowest BCUT2D eigenvalue weighted by atomic mass is 9.98. The minimum absolute atomic E-state index is 0.116. The zero-order chi connectivity index (χ0) is 22.8. The fourth-order valence-corrected chi connectivity index (χ4v) is 3.66. The fourth-order valence-electron chi connectivity index (χ4n) is 3.66. The second-order valence-electron chi connectivity index (χ2n) is 7.95. The van der Waals surface area contributed by atoms with Crippen molar-refractivity contribution in [3.05, 3.63) is 65.6 Å². The molecule has 1 fully saturated rings. The molecule has 0 atom stereocenters. The van der Waals surface area contributed by atoms with Crippen molar-refractivity contribution < 1.29 is 14.3 Å². The Balaban J connectivity index is 1.53. The van der Waals surface area contributed by atoms with E-state index < -0.39 is 6.09 Å². The number of alkyl carbamates (subject to hydrolysis) is 1. The number of likely N-dealkylation sites (N-methyl/N-ethyl adjacent to an activating group) is 1. The number of hydrazine groups is 1. The third-order valence-electron chi connectivity index (χ3n) is 5.47. The summed E-state index contributed by atoms with van der Waals surface area (Å²) in [5, 5.41) is 4.06. The first kappa shape index (κ1) is 23.4. The van der Waals surface area contributed by atoms with Crippen molar-refractivity contribution in [2.45, 2.75) is 44.6 Å². The van der Waals surface area contributed by atoms with Gasteiger partial charge in [0, 0.05) is 13.5 Å². The zero-order valence-corrected chi connectivity index (χ0v) is 18.6. The van der Waals surface area contributed by atoms with Crippen LogP contribution in [0.4, 0.5) is 4.79 Å². The van der Waals surface area contributed by atoms with Gasteiger partial charge in [0.15, 0.2) is 0 Å². The van der Waals surface area contributed by atoms with Crippen LogP contribution in [-0.4, -0.2) is 42.4 Å². The number of hydrogen-bond acceptors (Lipinski definition) is 7. The third-order valence-corrected chi connectivity index (χ3v) is 5.47. The Morgan fingerprint density at radius 1 is 1.16 bits per heavy atom. The topological polar surface area (TPSA) is 116 Å². The number of nitrogens with one attached hydrogen (secondary N) is 1. The Morgan fingerprint density at radius 3 is 2.56 bits per heavy atom. The molecule has 1 aliphatic carbocycles. The third kappa shape index (κ3) is 7.16. The molecule has 32 heavy (non-hydrogen) atoms. The van der Waals surface area contributed by atoms with Crippen molar-refractivity contribution in [2.75, 3.05) is 20.2 Å². The standard InChI is InChI=1S/C24H33N5O3/c1-29(26)22(17-28-24(30)31-15-14-18-8-4-2-5-9-18)23(25)21-13-12-20(16-27-21)32-19-10-6-3-7-11-19/h2,4-5,8-9,12-13,16,19H,3,6-7,10-11,14-15,17,25-26H2,1H3,(H,28,30)/b23-22-. The molecule has 1 aliphatic rings. The first-order valence-electron chi connectivity index (χ1n) is 11.1. The number of benzene rings is 1. The second-order valence-corrected chi connectivity index (χ2v) is 7.95. The lowest BCUT2D eigenvalue weighted by Gasteiger charge is -2.23. The average Bonchev–Trinajstić information content (AvgIpc) is 2.81. The maximum absolute atomic E-state index is 12.1. The smallest absolute Gasteiger partial charge is 0.407 e. The molecule has 1 heterocycles. The summed E-state index contributed by atoms with van der Waals surface area (Å²) < 4.78 is 11.3. The van der Waals surface area contributed by atoms with Crippen LogP contribution in [0.15, 0.2) is 54.4 Å². The predicted molar refractivity (Wildman–Crippen MR) is 124 cm³/mol. The molecule has 0 aliphatic heterocycles. The molecule has 2 aromatic rings. The largest absolute Gasteiger partial charge is 0.489 e. The zero-order valence-electron chi connectivity index (χ0n) is 18.6. The van der Waals surface area contributed by atoms with E-state index in [-0.39, 0.29) is 19.3 Å². The highest BCUT2D eigenvalue weighted by Gasteiger charge is 2.16. The fraction of sp³-hybridized carbons (Fsp3) is 0.417. The summed E-state index contributed by atoms with van der Waals surface area (Å²) in [4.78, 5) is 16.5. The number of amides is 1. The first-order chi connectivity index (χ1) is 15.5. The van der Waals surface area contributed by atoms with Crippen molar-refractivity contribution in [1.82, 2.24) is 15.3 Å². The molecule has 0 bridgehead atoms. The Kier molecular flexibility index (Phi) is 8.74. The monoisotopic (exact) mass is 439 g/mol. The molecule has 1 amide bonds. The highest BCUT2D eigenvalue weighted by atomic mass is 16.5. The van der Waals surface area contributed by atoms with E-state index >= 15 is 0 Å². The Bertz CT molecular complexity index is 878. The van der Waals surface area contributed by atoms with Gasteiger partial charge in [-0.25, -0.2) is 10.6 Å². The van der Waals surface area contributed by atoms with E-state index in [9.17, 15) is 4.79 Å². The number of nitrogens with zero attached hydrogens (tertiary/aromatic N) is 2. The summed E-state index contributed by atoms with van der Waals surface area (Å²) in [6.07, 6.45) is 7.91. The van der Waals surface area contributed by atoms with Crippen LogP contribution < -0.4 is 21.6 Å². The van der Waals surface area contributed by atoms with Crippen LogP contribution >= 0.6 is 0 Å². The number of hydrogen-bond donors (Lipinski definition) is 3. The molecular formula is C24H33N5O3. The van der Waals surface area contributed by atoms with Gasteiger partial charge in [-0.2, -0.15) is 0 Å². The normalized spacial score (nSPS) is 14.9. The summed E-state index contributed by atoms with van der Waals surface area (Å²) in [5.41, 5.74) is 8.87. The second kappa shape index (κ2) is 12.0. The van der Waals surface area contributed by atoms with Gasteiger partial charge >= 0.3 is 6.09 Å². The maximum Gasteiger partial charge on any atom is 0.407 e.